The Balaban J connectivity index is 2.23. The largest absolute Gasteiger partial charge is 0.467 e. The summed E-state index contributed by atoms with van der Waals surface area (Å²) in [7, 11) is 1.22. The van der Waals surface area contributed by atoms with E-state index < -0.39 is 23.7 Å². The summed E-state index contributed by atoms with van der Waals surface area (Å²) in [5, 5.41) is 0. The van der Waals surface area contributed by atoms with E-state index in [4.69, 9.17) is 4.74 Å². The molecule has 1 saturated carbocycles. The Hall–Kier alpha value is -1.59. The smallest absolute Gasteiger partial charge is 0.411 e. The molecule has 2 aliphatic rings. The van der Waals surface area contributed by atoms with Crippen LogP contribution in [0, 0.1) is 5.92 Å². The molecule has 0 aromatic rings. The molecule has 6 heteroatoms. The number of carbonyl (C=O) groups excluding carboxylic acids is 3. The third-order valence-electron chi connectivity index (χ3n) is 3.55. The number of Topliss-reactive ketones (excluding diaryl/α,β-unsaturated/α-hetero) is 1. The fraction of sp³-hybridized carbons (Fsp3) is 0.786. The fourth-order valence-electron chi connectivity index (χ4n) is 2.55. The van der Waals surface area contributed by atoms with E-state index in [-0.39, 0.29) is 18.2 Å². The molecular weight excluding hydrogens is 262 g/mol. The van der Waals surface area contributed by atoms with Gasteiger partial charge in [-0.15, -0.1) is 0 Å². The highest BCUT2D eigenvalue weighted by molar-refractivity contribution is 6.07. The van der Waals surface area contributed by atoms with Crippen molar-refractivity contribution in [2.75, 3.05) is 7.11 Å². The highest BCUT2D eigenvalue weighted by atomic mass is 16.6. The van der Waals surface area contributed by atoms with Gasteiger partial charge in [0.2, 0.25) is 0 Å². The Bertz CT molecular complexity index is 435. The molecule has 0 aromatic heterocycles. The number of rotatable bonds is 2. The van der Waals surface area contributed by atoms with Crippen molar-refractivity contribution in [1.82, 2.24) is 4.90 Å². The highest BCUT2D eigenvalue weighted by Gasteiger charge is 2.53. The summed E-state index contributed by atoms with van der Waals surface area (Å²) in [5.74, 6) is -0.662. The first-order valence-corrected chi connectivity index (χ1v) is 6.86. The van der Waals surface area contributed by atoms with E-state index in [1.54, 1.807) is 20.8 Å². The molecule has 20 heavy (non-hydrogen) atoms. The molecule has 1 aliphatic heterocycles. The molecular formula is C14H21NO5. The number of methoxy groups -OCH3 is 1. The number of ketones is 1. The molecule has 0 aromatic carbocycles. The van der Waals surface area contributed by atoms with Gasteiger partial charge in [-0.25, -0.2) is 9.59 Å². The topological polar surface area (TPSA) is 72.9 Å². The van der Waals surface area contributed by atoms with Gasteiger partial charge in [-0.1, -0.05) is 0 Å². The number of carbonyl (C=O) groups is 3. The maximum absolute atomic E-state index is 12.3. The monoisotopic (exact) mass is 283 g/mol. The molecule has 0 bridgehead atoms. The predicted octanol–water partition coefficient (Wildman–Crippen LogP) is 1.52. The van der Waals surface area contributed by atoms with Crippen LogP contribution in [0.2, 0.25) is 0 Å². The number of hydrogen-bond donors (Lipinski definition) is 0. The van der Waals surface area contributed by atoms with Crippen molar-refractivity contribution in [3.63, 3.8) is 0 Å². The molecule has 1 heterocycles. The normalized spacial score (nSPS) is 26.6. The lowest BCUT2D eigenvalue weighted by molar-refractivity contribution is -0.148. The third-order valence-corrected chi connectivity index (χ3v) is 3.55. The van der Waals surface area contributed by atoms with E-state index in [2.05, 4.69) is 4.74 Å². The van der Waals surface area contributed by atoms with E-state index in [1.165, 1.54) is 12.0 Å². The fourth-order valence-corrected chi connectivity index (χ4v) is 2.55. The van der Waals surface area contributed by atoms with Crippen molar-refractivity contribution >= 4 is 17.8 Å². The predicted molar refractivity (Wildman–Crippen MR) is 70.0 cm³/mol. The summed E-state index contributed by atoms with van der Waals surface area (Å²) in [6, 6.07) is -1.39. The van der Waals surface area contributed by atoms with Crippen LogP contribution in [0.1, 0.15) is 40.0 Å². The van der Waals surface area contributed by atoms with Gasteiger partial charge in [0, 0.05) is 12.5 Å². The Morgan fingerprint density at radius 2 is 1.85 bits per heavy atom. The van der Waals surface area contributed by atoms with Gasteiger partial charge in [-0.3, -0.25) is 9.69 Å². The number of ether oxygens (including phenoxy) is 2. The molecule has 1 unspecified atom stereocenters. The Kier molecular flexibility index (Phi) is 3.75. The van der Waals surface area contributed by atoms with Crippen molar-refractivity contribution in [2.24, 2.45) is 5.92 Å². The second-order valence-corrected chi connectivity index (χ2v) is 6.39. The second-order valence-electron chi connectivity index (χ2n) is 6.39. The zero-order valence-corrected chi connectivity index (χ0v) is 12.3. The van der Waals surface area contributed by atoms with Crippen LogP contribution in [0.3, 0.4) is 0 Å². The quantitative estimate of drug-likeness (QED) is 0.567. The maximum Gasteiger partial charge on any atom is 0.411 e. The van der Waals surface area contributed by atoms with Gasteiger partial charge in [0.1, 0.15) is 5.60 Å². The lowest BCUT2D eigenvalue weighted by Gasteiger charge is -2.30. The molecule has 1 saturated heterocycles. The number of hydrogen-bond acceptors (Lipinski definition) is 5. The summed E-state index contributed by atoms with van der Waals surface area (Å²) >= 11 is 0. The van der Waals surface area contributed by atoms with E-state index in [9.17, 15) is 14.4 Å². The SMILES string of the molecule is COC(=O)C1C(=O)C[C@@H](C2CC2)N1C(=O)OC(C)(C)C. The molecule has 0 N–H and O–H groups in total. The van der Waals surface area contributed by atoms with Crippen molar-refractivity contribution in [3.8, 4) is 0 Å². The van der Waals surface area contributed by atoms with Crippen LogP contribution in [-0.2, 0) is 19.1 Å². The van der Waals surface area contributed by atoms with Crippen LogP contribution in [0.4, 0.5) is 4.79 Å². The summed E-state index contributed by atoms with van der Waals surface area (Å²) in [6.07, 6.45) is 1.55. The average molecular weight is 283 g/mol. The van der Waals surface area contributed by atoms with Gasteiger partial charge in [0.15, 0.2) is 11.8 Å². The molecule has 0 spiro atoms. The minimum atomic E-state index is -1.15. The minimum Gasteiger partial charge on any atom is -0.467 e. The minimum absolute atomic E-state index is 0.212. The van der Waals surface area contributed by atoms with Gasteiger partial charge in [0.05, 0.1) is 7.11 Å². The van der Waals surface area contributed by atoms with E-state index >= 15 is 0 Å². The number of amides is 1. The number of esters is 1. The van der Waals surface area contributed by atoms with Crippen LogP contribution < -0.4 is 0 Å². The summed E-state index contributed by atoms with van der Waals surface area (Å²) < 4.78 is 9.98. The van der Waals surface area contributed by atoms with Crippen molar-refractivity contribution < 1.29 is 23.9 Å². The standard InChI is InChI=1S/C14H21NO5/c1-14(2,3)20-13(18)15-9(8-5-6-8)7-10(16)11(15)12(17)19-4/h8-9,11H,5-7H2,1-4H3/t9-,11?/m0/s1. The Morgan fingerprint density at radius 3 is 2.30 bits per heavy atom. The Labute approximate surface area is 118 Å². The van der Waals surface area contributed by atoms with Crippen molar-refractivity contribution in [3.05, 3.63) is 0 Å². The maximum atomic E-state index is 12.3. The number of likely N-dealkylation sites (tertiary alicyclic amines) is 1. The first-order valence-electron chi connectivity index (χ1n) is 6.86. The molecule has 2 fully saturated rings. The summed E-state index contributed by atoms with van der Waals surface area (Å²) in [4.78, 5) is 37.5. The first-order chi connectivity index (χ1) is 9.24. The molecule has 1 aliphatic carbocycles. The number of nitrogens with zero attached hydrogens (tertiary/aromatic N) is 1. The highest BCUT2D eigenvalue weighted by Crippen LogP contribution is 2.41. The van der Waals surface area contributed by atoms with Crippen LogP contribution in [0.25, 0.3) is 0 Å². The van der Waals surface area contributed by atoms with Crippen molar-refractivity contribution in [1.29, 1.82) is 0 Å². The molecule has 2 rings (SSSR count). The zero-order valence-electron chi connectivity index (χ0n) is 12.3. The lowest BCUT2D eigenvalue weighted by atomic mass is 10.1. The third kappa shape index (κ3) is 2.94. The van der Waals surface area contributed by atoms with Crippen molar-refractivity contribution in [2.45, 2.75) is 57.7 Å². The Morgan fingerprint density at radius 1 is 1.25 bits per heavy atom. The van der Waals surface area contributed by atoms with Crippen LogP contribution in [-0.4, -0.2) is 47.5 Å². The van der Waals surface area contributed by atoms with Crippen LogP contribution >= 0.6 is 0 Å². The molecule has 6 nitrogen and oxygen atoms in total. The van der Waals surface area contributed by atoms with Crippen LogP contribution in [0.5, 0.6) is 0 Å². The first kappa shape index (κ1) is 14.8. The lowest BCUT2D eigenvalue weighted by Crippen LogP contribution is -2.49. The summed E-state index contributed by atoms with van der Waals surface area (Å²) in [5.41, 5.74) is -0.669. The zero-order chi connectivity index (χ0) is 15.1. The molecule has 1 amide bonds. The van der Waals surface area contributed by atoms with Gasteiger partial charge < -0.3 is 9.47 Å². The molecule has 2 atom stereocenters. The van der Waals surface area contributed by atoms with E-state index in [0.717, 1.165) is 12.8 Å². The van der Waals surface area contributed by atoms with E-state index in [1.807, 2.05) is 0 Å². The average Bonchev–Trinajstić information content (AvgIpc) is 3.09. The van der Waals surface area contributed by atoms with E-state index in [0.29, 0.717) is 5.92 Å². The molecule has 112 valence electrons. The van der Waals surface area contributed by atoms with Gasteiger partial charge in [-0.05, 0) is 39.5 Å². The second kappa shape index (κ2) is 5.07. The van der Waals surface area contributed by atoms with Gasteiger partial charge >= 0.3 is 12.1 Å². The molecule has 0 radical (unpaired) electrons. The van der Waals surface area contributed by atoms with Crippen LogP contribution in [0.15, 0.2) is 0 Å². The van der Waals surface area contributed by atoms with Gasteiger partial charge in [0.25, 0.3) is 0 Å². The summed E-state index contributed by atoms with van der Waals surface area (Å²) in [6.45, 7) is 5.26. The van der Waals surface area contributed by atoms with Gasteiger partial charge in [-0.2, -0.15) is 0 Å².